The number of ether oxygens (including phenoxy) is 1. The van der Waals surface area contributed by atoms with Crippen molar-refractivity contribution >= 4 is 5.57 Å². The molecule has 1 spiro atoms. The van der Waals surface area contributed by atoms with Crippen LogP contribution in [0, 0.1) is 11.3 Å². The zero-order valence-electron chi connectivity index (χ0n) is 14.9. The molecule has 0 atom stereocenters. The van der Waals surface area contributed by atoms with Crippen molar-refractivity contribution in [1.29, 1.82) is 5.26 Å². The summed E-state index contributed by atoms with van der Waals surface area (Å²) in [6.45, 7) is 5.92. The van der Waals surface area contributed by atoms with E-state index in [2.05, 4.69) is 29.6 Å². The lowest BCUT2D eigenvalue weighted by Gasteiger charge is -2.40. The quantitative estimate of drug-likeness (QED) is 0.834. The van der Waals surface area contributed by atoms with Crippen molar-refractivity contribution in [3.05, 3.63) is 71.3 Å². The van der Waals surface area contributed by atoms with Gasteiger partial charge in [-0.05, 0) is 48.5 Å². The molecule has 3 nitrogen and oxygen atoms in total. The van der Waals surface area contributed by atoms with E-state index in [0.29, 0.717) is 5.56 Å². The van der Waals surface area contributed by atoms with E-state index in [0.717, 1.165) is 42.8 Å². The predicted molar refractivity (Wildman–Crippen MR) is 101 cm³/mol. The van der Waals surface area contributed by atoms with Gasteiger partial charge in [0.05, 0.1) is 11.6 Å². The van der Waals surface area contributed by atoms with Gasteiger partial charge in [0.1, 0.15) is 11.4 Å². The second-order valence-corrected chi connectivity index (χ2v) is 6.16. The predicted octanol–water partition coefficient (Wildman–Crippen LogP) is 4.53. The van der Waals surface area contributed by atoms with Crippen molar-refractivity contribution < 1.29 is 4.74 Å². The summed E-state index contributed by atoms with van der Waals surface area (Å²) in [7, 11) is 0. The molecule has 4 rings (SSSR count). The zero-order valence-corrected chi connectivity index (χ0v) is 14.9. The number of para-hydroxylation sites is 1. The molecule has 0 aliphatic carbocycles. The van der Waals surface area contributed by atoms with E-state index < -0.39 is 0 Å². The van der Waals surface area contributed by atoms with Crippen molar-refractivity contribution in [2.75, 3.05) is 13.1 Å². The Labute approximate surface area is 149 Å². The molecule has 0 saturated carbocycles. The fourth-order valence-electron chi connectivity index (χ4n) is 3.46. The SMILES string of the molecule is CC.N#Cc1cccc(C2=CC3(CCNCC3)Oc3ccccc32)c1. The summed E-state index contributed by atoms with van der Waals surface area (Å²) >= 11 is 0. The molecule has 0 bridgehead atoms. The summed E-state index contributed by atoms with van der Waals surface area (Å²) in [4.78, 5) is 0. The molecule has 2 aliphatic heterocycles. The molecular formula is C22H24N2O. The molecule has 0 aromatic heterocycles. The van der Waals surface area contributed by atoms with Gasteiger partial charge in [-0.15, -0.1) is 0 Å². The van der Waals surface area contributed by atoms with E-state index in [1.54, 1.807) is 0 Å². The van der Waals surface area contributed by atoms with Crippen molar-refractivity contribution in [2.45, 2.75) is 32.3 Å². The average molecular weight is 332 g/mol. The fraction of sp³-hybridized carbons (Fsp3) is 0.318. The number of hydrogen-bond donors (Lipinski definition) is 1. The Morgan fingerprint density at radius 3 is 2.56 bits per heavy atom. The molecule has 2 aliphatic rings. The highest BCUT2D eigenvalue weighted by Gasteiger charge is 2.36. The fourth-order valence-corrected chi connectivity index (χ4v) is 3.46. The topological polar surface area (TPSA) is 45.0 Å². The summed E-state index contributed by atoms with van der Waals surface area (Å²) in [5.41, 5.74) is 3.81. The standard InChI is InChI=1S/C20H18N2O.C2H6/c21-14-15-4-3-5-16(12-15)18-13-20(8-10-22-11-9-20)23-19-7-2-1-6-17(18)19;1-2/h1-7,12-13,22H,8-11H2;1-2H3. The number of benzene rings is 2. The molecule has 0 unspecified atom stereocenters. The van der Waals surface area contributed by atoms with E-state index >= 15 is 0 Å². The summed E-state index contributed by atoms with van der Waals surface area (Å²) < 4.78 is 6.39. The highest BCUT2D eigenvalue weighted by Crippen LogP contribution is 2.42. The third-order valence-electron chi connectivity index (χ3n) is 4.65. The molecule has 2 aromatic rings. The van der Waals surface area contributed by atoms with Crippen LogP contribution in [0.1, 0.15) is 43.4 Å². The first-order valence-corrected chi connectivity index (χ1v) is 9.02. The normalized spacial score (nSPS) is 17.2. The summed E-state index contributed by atoms with van der Waals surface area (Å²) in [5.74, 6) is 0.939. The van der Waals surface area contributed by atoms with Crippen LogP contribution in [-0.2, 0) is 0 Å². The molecule has 1 N–H and O–H groups in total. The van der Waals surface area contributed by atoms with Gasteiger partial charge >= 0.3 is 0 Å². The molecule has 2 aromatic carbocycles. The van der Waals surface area contributed by atoms with Crippen LogP contribution in [0.4, 0.5) is 0 Å². The van der Waals surface area contributed by atoms with Gasteiger partial charge in [-0.1, -0.05) is 44.2 Å². The van der Waals surface area contributed by atoms with Crippen LogP contribution in [0.15, 0.2) is 54.6 Å². The minimum absolute atomic E-state index is 0.239. The number of nitriles is 1. The summed E-state index contributed by atoms with van der Waals surface area (Å²) in [6.07, 6.45) is 4.19. The molecule has 3 heteroatoms. The molecular weight excluding hydrogens is 308 g/mol. The Balaban J connectivity index is 0.000000880. The third kappa shape index (κ3) is 3.45. The highest BCUT2D eigenvalue weighted by atomic mass is 16.5. The smallest absolute Gasteiger partial charge is 0.130 e. The van der Waals surface area contributed by atoms with Gasteiger partial charge < -0.3 is 10.1 Å². The van der Waals surface area contributed by atoms with Gasteiger partial charge in [-0.2, -0.15) is 5.26 Å². The first-order chi connectivity index (χ1) is 12.3. The van der Waals surface area contributed by atoms with Crippen LogP contribution >= 0.6 is 0 Å². The Bertz CT molecular complexity index is 811. The number of rotatable bonds is 1. The van der Waals surface area contributed by atoms with Gasteiger partial charge in [0.2, 0.25) is 0 Å². The summed E-state index contributed by atoms with van der Waals surface area (Å²) in [5, 5.41) is 12.6. The number of nitrogens with one attached hydrogen (secondary N) is 1. The molecule has 1 saturated heterocycles. The van der Waals surface area contributed by atoms with E-state index in [1.807, 2.05) is 50.2 Å². The molecule has 2 heterocycles. The first-order valence-electron chi connectivity index (χ1n) is 9.02. The first kappa shape index (κ1) is 17.3. The van der Waals surface area contributed by atoms with Gasteiger partial charge in [0, 0.05) is 18.4 Å². The number of piperidine rings is 1. The van der Waals surface area contributed by atoms with E-state index in [4.69, 9.17) is 4.74 Å². The maximum atomic E-state index is 9.20. The number of fused-ring (bicyclic) bond motifs is 1. The van der Waals surface area contributed by atoms with Gasteiger partial charge in [0.15, 0.2) is 0 Å². The zero-order chi connectivity index (χ0) is 17.7. The third-order valence-corrected chi connectivity index (χ3v) is 4.65. The van der Waals surface area contributed by atoms with Crippen molar-refractivity contribution in [3.63, 3.8) is 0 Å². The van der Waals surface area contributed by atoms with Crippen LogP contribution in [0.25, 0.3) is 5.57 Å². The van der Waals surface area contributed by atoms with Crippen LogP contribution in [-0.4, -0.2) is 18.7 Å². The largest absolute Gasteiger partial charge is 0.482 e. The van der Waals surface area contributed by atoms with Gasteiger partial charge in [-0.3, -0.25) is 0 Å². The maximum absolute atomic E-state index is 9.20. The van der Waals surface area contributed by atoms with Crippen LogP contribution < -0.4 is 10.1 Å². The number of hydrogen-bond acceptors (Lipinski definition) is 3. The van der Waals surface area contributed by atoms with Crippen LogP contribution in [0.3, 0.4) is 0 Å². The monoisotopic (exact) mass is 332 g/mol. The molecule has 0 amide bonds. The average Bonchev–Trinajstić information content (AvgIpc) is 2.69. The lowest BCUT2D eigenvalue weighted by Crippen LogP contribution is -2.46. The minimum Gasteiger partial charge on any atom is -0.482 e. The van der Waals surface area contributed by atoms with Gasteiger partial charge in [-0.25, -0.2) is 0 Å². The second kappa shape index (κ2) is 7.55. The van der Waals surface area contributed by atoms with Crippen molar-refractivity contribution in [1.82, 2.24) is 5.32 Å². The second-order valence-electron chi connectivity index (χ2n) is 6.16. The number of nitrogens with zero attached hydrogens (tertiary/aromatic N) is 1. The lowest BCUT2D eigenvalue weighted by molar-refractivity contribution is 0.0817. The molecule has 25 heavy (non-hydrogen) atoms. The van der Waals surface area contributed by atoms with E-state index in [1.165, 1.54) is 5.57 Å². The van der Waals surface area contributed by atoms with Crippen molar-refractivity contribution in [2.24, 2.45) is 0 Å². The van der Waals surface area contributed by atoms with Crippen LogP contribution in [0.5, 0.6) is 5.75 Å². The van der Waals surface area contributed by atoms with Crippen LogP contribution in [0.2, 0.25) is 0 Å². The summed E-state index contributed by atoms with van der Waals surface area (Å²) in [6, 6.07) is 18.2. The minimum atomic E-state index is -0.239. The van der Waals surface area contributed by atoms with Crippen molar-refractivity contribution in [3.8, 4) is 11.8 Å². The highest BCUT2D eigenvalue weighted by molar-refractivity contribution is 5.85. The Morgan fingerprint density at radius 2 is 1.80 bits per heavy atom. The van der Waals surface area contributed by atoms with E-state index in [9.17, 15) is 5.26 Å². The lowest BCUT2D eigenvalue weighted by atomic mass is 9.83. The van der Waals surface area contributed by atoms with Gasteiger partial charge in [0.25, 0.3) is 0 Å². The molecule has 128 valence electrons. The Kier molecular flexibility index (Phi) is 5.21. The van der Waals surface area contributed by atoms with E-state index in [-0.39, 0.29) is 5.60 Å². The molecule has 1 fully saturated rings. The maximum Gasteiger partial charge on any atom is 0.130 e. The Hall–Kier alpha value is -2.57. The Morgan fingerprint density at radius 1 is 1.04 bits per heavy atom. The molecule has 0 radical (unpaired) electrons.